The van der Waals surface area contributed by atoms with Gasteiger partial charge in [0.15, 0.2) is 0 Å². The topological polar surface area (TPSA) is 84.5 Å². The fourth-order valence-corrected chi connectivity index (χ4v) is 3.01. The molecule has 1 amide bonds. The molecule has 2 rings (SSSR count). The Labute approximate surface area is 148 Å². The summed E-state index contributed by atoms with van der Waals surface area (Å²) in [6.07, 6.45) is 1.41. The van der Waals surface area contributed by atoms with Gasteiger partial charge in [0, 0.05) is 18.2 Å². The van der Waals surface area contributed by atoms with Gasteiger partial charge in [0.05, 0.1) is 19.1 Å². The van der Waals surface area contributed by atoms with Crippen molar-refractivity contribution in [2.24, 2.45) is 0 Å². The van der Waals surface area contributed by atoms with E-state index >= 15 is 0 Å². The third-order valence-corrected chi connectivity index (χ3v) is 4.23. The number of carbonyl (C=O) groups is 1. The fraction of sp³-hybridized carbons (Fsp3) is 0.278. The van der Waals surface area contributed by atoms with E-state index < -0.39 is 10.0 Å². The van der Waals surface area contributed by atoms with E-state index in [9.17, 15) is 13.2 Å². The number of rotatable bonds is 7. The number of hydrogen-bond acceptors (Lipinski definition) is 4. The number of methoxy groups -OCH3 is 1. The third-order valence-electron chi connectivity index (χ3n) is 3.64. The Morgan fingerprint density at radius 3 is 2.44 bits per heavy atom. The lowest BCUT2D eigenvalue weighted by Gasteiger charge is -2.14. The molecule has 0 aliphatic carbocycles. The Bertz CT molecular complexity index is 835. The van der Waals surface area contributed by atoms with Gasteiger partial charge in [0.25, 0.3) is 0 Å². The Morgan fingerprint density at radius 1 is 1.16 bits per heavy atom. The van der Waals surface area contributed by atoms with Crippen LogP contribution >= 0.6 is 0 Å². The zero-order chi connectivity index (χ0) is 18.4. The smallest absolute Gasteiger partial charge is 0.229 e. The van der Waals surface area contributed by atoms with Crippen molar-refractivity contribution in [3.05, 3.63) is 54.1 Å². The number of hydrogen-bond donors (Lipinski definition) is 2. The number of sulfonamides is 1. The van der Waals surface area contributed by atoms with Crippen LogP contribution in [0.5, 0.6) is 5.75 Å². The highest BCUT2D eigenvalue weighted by Crippen LogP contribution is 2.29. The summed E-state index contributed by atoms with van der Waals surface area (Å²) in [5.41, 5.74) is 1.96. The summed E-state index contributed by atoms with van der Waals surface area (Å²) in [7, 11) is -1.97. The zero-order valence-electron chi connectivity index (χ0n) is 14.4. The molecule has 0 aromatic heterocycles. The molecule has 0 radical (unpaired) electrons. The molecule has 6 nitrogen and oxygen atoms in total. The van der Waals surface area contributed by atoms with Crippen LogP contribution in [0.4, 0.5) is 11.4 Å². The van der Waals surface area contributed by atoms with Gasteiger partial charge in [-0.15, -0.1) is 0 Å². The number of benzene rings is 2. The summed E-state index contributed by atoms with van der Waals surface area (Å²) in [5, 5.41) is 2.81. The first-order chi connectivity index (χ1) is 11.8. The first-order valence-corrected chi connectivity index (χ1v) is 9.68. The summed E-state index contributed by atoms with van der Waals surface area (Å²) >= 11 is 0. The summed E-state index contributed by atoms with van der Waals surface area (Å²) < 4.78 is 30.3. The SMILES string of the molecule is COc1cc(NC(=O)CC(C)c2ccccc2)ccc1NS(C)(=O)=O. The molecule has 0 saturated carbocycles. The maximum atomic E-state index is 12.2. The summed E-state index contributed by atoms with van der Waals surface area (Å²) in [4.78, 5) is 12.2. The van der Waals surface area contributed by atoms with E-state index in [1.165, 1.54) is 7.11 Å². The molecule has 2 N–H and O–H groups in total. The molecule has 1 unspecified atom stereocenters. The Kier molecular flexibility index (Phi) is 6.03. The van der Waals surface area contributed by atoms with Crippen LogP contribution in [0.15, 0.2) is 48.5 Å². The average Bonchev–Trinajstić information content (AvgIpc) is 2.55. The van der Waals surface area contributed by atoms with Gasteiger partial charge >= 0.3 is 0 Å². The van der Waals surface area contributed by atoms with Crippen LogP contribution in [-0.4, -0.2) is 27.7 Å². The summed E-state index contributed by atoms with van der Waals surface area (Å²) in [6, 6.07) is 14.6. The molecule has 25 heavy (non-hydrogen) atoms. The molecule has 134 valence electrons. The molecule has 0 fully saturated rings. The first kappa shape index (κ1) is 18.8. The minimum Gasteiger partial charge on any atom is -0.494 e. The number of anilines is 2. The highest BCUT2D eigenvalue weighted by Gasteiger charge is 2.13. The predicted octanol–water partition coefficient (Wildman–Crippen LogP) is 3.20. The second-order valence-electron chi connectivity index (χ2n) is 5.85. The molecule has 7 heteroatoms. The van der Waals surface area contributed by atoms with E-state index in [1.807, 2.05) is 37.3 Å². The van der Waals surface area contributed by atoms with Crippen molar-refractivity contribution in [1.29, 1.82) is 0 Å². The van der Waals surface area contributed by atoms with Crippen molar-refractivity contribution >= 4 is 27.3 Å². The average molecular weight is 362 g/mol. The summed E-state index contributed by atoms with van der Waals surface area (Å²) in [5.74, 6) is 0.302. The van der Waals surface area contributed by atoms with Crippen molar-refractivity contribution < 1.29 is 17.9 Å². The van der Waals surface area contributed by atoms with E-state index in [4.69, 9.17) is 4.74 Å². The second-order valence-corrected chi connectivity index (χ2v) is 7.60. The molecular weight excluding hydrogens is 340 g/mol. The van der Waals surface area contributed by atoms with Crippen LogP contribution in [0, 0.1) is 0 Å². The van der Waals surface area contributed by atoms with Crippen molar-refractivity contribution in [2.75, 3.05) is 23.4 Å². The van der Waals surface area contributed by atoms with Gasteiger partial charge in [-0.2, -0.15) is 0 Å². The van der Waals surface area contributed by atoms with Gasteiger partial charge in [0.2, 0.25) is 15.9 Å². The van der Waals surface area contributed by atoms with Crippen molar-refractivity contribution in [3.63, 3.8) is 0 Å². The van der Waals surface area contributed by atoms with Crippen LogP contribution in [0.2, 0.25) is 0 Å². The number of amides is 1. The predicted molar refractivity (Wildman–Crippen MR) is 99.6 cm³/mol. The number of ether oxygens (including phenoxy) is 1. The van der Waals surface area contributed by atoms with Gasteiger partial charge in [-0.1, -0.05) is 37.3 Å². The van der Waals surface area contributed by atoms with Crippen LogP contribution in [0.3, 0.4) is 0 Å². The molecule has 2 aromatic carbocycles. The largest absolute Gasteiger partial charge is 0.494 e. The number of nitrogens with one attached hydrogen (secondary N) is 2. The fourth-order valence-electron chi connectivity index (χ4n) is 2.44. The molecule has 0 bridgehead atoms. The lowest BCUT2D eigenvalue weighted by molar-refractivity contribution is -0.116. The molecule has 1 atom stereocenters. The molecule has 0 aliphatic heterocycles. The van der Waals surface area contributed by atoms with Crippen molar-refractivity contribution in [1.82, 2.24) is 0 Å². The van der Waals surface area contributed by atoms with Gasteiger partial charge in [-0.25, -0.2) is 8.42 Å². The lowest BCUT2D eigenvalue weighted by Crippen LogP contribution is -2.15. The van der Waals surface area contributed by atoms with Gasteiger partial charge in [-0.3, -0.25) is 9.52 Å². The highest BCUT2D eigenvalue weighted by atomic mass is 32.2. The van der Waals surface area contributed by atoms with E-state index in [0.29, 0.717) is 23.5 Å². The second kappa shape index (κ2) is 8.02. The van der Waals surface area contributed by atoms with E-state index in [1.54, 1.807) is 18.2 Å². The Balaban J connectivity index is 2.05. The van der Waals surface area contributed by atoms with Crippen LogP contribution in [0.1, 0.15) is 24.8 Å². The molecule has 0 aliphatic rings. The monoisotopic (exact) mass is 362 g/mol. The van der Waals surface area contributed by atoms with E-state index in [-0.39, 0.29) is 11.8 Å². The van der Waals surface area contributed by atoms with E-state index in [2.05, 4.69) is 10.0 Å². The molecule has 0 spiro atoms. The standard InChI is InChI=1S/C18H22N2O4S/c1-13(14-7-5-4-6-8-14)11-18(21)19-15-9-10-16(17(12-15)24-2)20-25(3,22)23/h4-10,12-13,20H,11H2,1-3H3,(H,19,21). The summed E-state index contributed by atoms with van der Waals surface area (Å²) in [6.45, 7) is 1.99. The van der Waals surface area contributed by atoms with Crippen LogP contribution in [-0.2, 0) is 14.8 Å². The van der Waals surface area contributed by atoms with Crippen molar-refractivity contribution in [3.8, 4) is 5.75 Å². The molecule has 2 aromatic rings. The number of carbonyl (C=O) groups excluding carboxylic acids is 1. The lowest BCUT2D eigenvalue weighted by atomic mass is 9.97. The minimum atomic E-state index is -3.41. The highest BCUT2D eigenvalue weighted by molar-refractivity contribution is 7.92. The third kappa shape index (κ3) is 5.79. The van der Waals surface area contributed by atoms with Crippen molar-refractivity contribution in [2.45, 2.75) is 19.3 Å². The van der Waals surface area contributed by atoms with Crippen LogP contribution < -0.4 is 14.8 Å². The Hall–Kier alpha value is -2.54. The first-order valence-electron chi connectivity index (χ1n) is 7.79. The van der Waals surface area contributed by atoms with E-state index in [0.717, 1.165) is 11.8 Å². The van der Waals surface area contributed by atoms with Gasteiger partial charge in [0.1, 0.15) is 5.75 Å². The zero-order valence-corrected chi connectivity index (χ0v) is 15.3. The van der Waals surface area contributed by atoms with Crippen LogP contribution in [0.25, 0.3) is 0 Å². The molecular formula is C18H22N2O4S. The quantitative estimate of drug-likeness (QED) is 0.792. The van der Waals surface area contributed by atoms with Gasteiger partial charge < -0.3 is 10.1 Å². The normalized spacial score (nSPS) is 12.3. The molecule has 0 heterocycles. The molecule has 0 saturated heterocycles. The maximum absolute atomic E-state index is 12.2. The van der Waals surface area contributed by atoms with Gasteiger partial charge in [-0.05, 0) is 23.6 Å². The minimum absolute atomic E-state index is 0.0919. The Morgan fingerprint density at radius 2 is 1.84 bits per heavy atom. The maximum Gasteiger partial charge on any atom is 0.229 e.